The molecule has 2 aliphatic rings. The van der Waals surface area contributed by atoms with Crippen LogP contribution in [0.3, 0.4) is 0 Å². The molecule has 3 heterocycles. The van der Waals surface area contributed by atoms with Crippen molar-refractivity contribution in [2.24, 2.45) is 0 Å². The largest absolute Gasteiger partial charge is 0.475 e. The smallest absolute Gasteiger partial charge is 0.371 e. The van der Waals surface area contributed by atoms with Gasteiger partial charge in [0.1, 0.15) is 5.76 Å². The fourth-order valence-corrected chi connectivity index (χ4v) is 3.16. The summed E-state index contributed by atoms with van der Waals surface area (Å²) in [5, 5.41) is 8.83. The van der Waals surface area contributed by atoms with Gasteiger partial charge in [-0.3, -0.25) is 9.80 Å². The zero-order valence-electron chi connectivity index (χ0n) is 11.0. The maximum absolute atomic E-state index is 10.8. The fraction of sp³-hybridized carbons (Fsp3) is 0.643. The Morgan fingerprint density at radius 2 is 2.11 bits per heavy atom. The molecule has 5 nitrogen and oxygen atoms in total. The van der Waals surface area contributed by atoms with Crippen molar-refractivity contribution in [3.05, 3.63) is 23.7 Å². The summed E-state index contributed by atoms with van der Waals surface area (Å²) in [5.41, 5.74) is 0. The first kappa shape index (κ1) is 12.7. The Morgan fingerprint density at radius 1 is 1.32 bits per heavy atom. The zero-order valence-corrected chi connectivity index (χ0v) is 11.0. The molecule has 1 aromatic rings. The highest BCUT2D eigenvalue weighted by atomic mass is 16.4. The number of carboxylic acid groups (broad SMARTS) is 1. The van der Waals surface area contributed by atoms with Crippen LogP contribution in [0.5, 0.6) is 0 Å². The normalized spacial score (nSPS) is 25.2. The van der Waals surface area contributed by atoms with E-state index in [1.165, 1.54) is 38.4 Å². The van der Waals surface area contributed by atoms with Gasteiger partial charge in [0.15, 0.2) is 0 Å². The average molecular weight is 264 g/mol. The van der Waals surface area contributed by atoms with Crippen molar-refractivity contribution in [1.82, 2.24) is 9.80 Å². The minimum absolute atomic E-state index is 0.0327. The molecular formula is C14H20N2O3. The molecule has 0 spiro atoms. The van der Waals surface area contributed by atoms with E-state index in [1.807, 2.05) is 0 Å². The van der Waals surface area contributed by atoms with Gasteiger partial charge in [0, 0.05) is 19.1 Å². The Bertz CT molecular complexity index is 451. The monoisotopic (exact) mass is 264 g/mol. The second-order valence-corrected chi connectivity index (χ2v) is 5.49. The number of furan rings is 1. The molecule has 1 N–H and O–H groups in total. The van der Waals surface area contributed by atoms with Crippen LogP contribution in [0, 0.1) is 0 Å². The first-order chi connectivity index (χ1) is 9.22. The molecule has 104 valence electrons. The van der Waals surface area contributed by atoms with Crippen LogP contribution >= 0.6 is 0 Å². The van der Waals surface area contributed by atoms with E-state index in [-0.39, 0.29) is 5.76 Å². The number of rotatable bonds is 4. The quantitative estimate of drug-likeness (QED) is 0.896. The highest BCUT2D eigenvalue weighted by Gasteiger charge is 2.29. The van der Waals surface area contributed by atoms with E-state index in [9.17, 15) is 4.79 Å². The molecule has 0 saturated carbocycles. The van der Waals surface area contributed by atoms with Crippen molar-refractivity contribution >= 4 is 5.97 Å². The first-order valence-electron chi connectivity index (χ1n) is 7.01. The molecule has 19 heavy (non-hydrogen) atoms. The van der Waals surface area contributed by atoms with Gasteiger partial charge in [0.2, 0.25) is 5.76 Å². The van der Waals surface area contributed by atoms with Gasteiger partial charge < -0.3 is 9.52 Å². The molecular weight excluding hydrogens is 244 g/mol. The summed E-state index contributed by atoms with van der Waals surface area (Å²) in [6.07, 6.45) is 3.87. The molecule has 0 aliphatic carbocycles. The van der Waals surface area contributed by atoms with Gasteiger partial charge in [0.25, 0.3) is 0 Å². The molecule has 2 saturated heterocycles. The van der Waals surface area contributed by atoms with E-state index in [0.29, 0.717) is 6.04 Å². The highest BCUT2D eigenvalue weighted by Crippen LogP contribution is 2.22. The fourth-order valence-electron chi connectivity index (χ4n) is 3.16. The number of hydrogen-bond acceptors (Lipinski definition) is 4. The lowest BCUT2D eigenvalue weighted by molar-refractivity contribution is 0.0658. The maximum atomic E-state index is 10.8. The van der Waals surface area contributed by atoms with E-state index in [4.69, 9.17) is 9.52 Å². The summed E-state index contributed by atoms with van der Waals surface area (Å²) in [5.74, 6) is -0.215. The lowest BCUT2D eigenvalue weighted by Gasteiger charge is -2.23. The Kier molecular flexibility index (Phi) is 3.57. The molecule has 5 heteroatoms. The molecule has 0 bridgehead atoms. The second-order valence-electron chi connectivity index (χ2n) is 5.49. The van der Waals surface area contributed by atoms with Crippen molar-refractivity contribution < 1.29 is 14.3 Å². The van der Waals surface area contributed by atoms with Crippen LogP contribution in [-0.4, -0.2) is 53.1 Å². The topological polar surface area (TPSA) is 56.9 Å². The van der Waals surface area contributed by atoms with Gasteiger partial charge in [0.05, 0.1) is 6.54 Å². The summed E-state index contributed by atoms with van der Waals surface area (Å²) < 4.78 is 5.31. The van der Waals surface area contributed by atoms with E-state index in [0.717, 1.165) is 25.4 Å². The van der Waals surface area contributed by atoms with Gasteiger partial charge in [-0.25, -0.2) is 4.79 Å². The van der Waals surface area contributed by atoms with Crippen molar-refractivity contribution in [2.75, 3.05) is 26.2 Å². The summed E-state index contributed by atoms with van der Waals surface area (Å²) in [6, 6.07) is 3.98. The first-order valence-corrected chi connectivity index (χ1v) is 7.01. The molecule has 1 atom stereocenters. The SMILES string of the molecule is O=C(O)c1ccc(CN2CCC(N3CCCC3)C2)o1. The second kappa shape index (κ2) is 5.35. The number of hydrogen-bond donors (Lipinski definition) is 1. The minimum Gasteiger partial charge on any atom is -0.475 e. The maximum Gasteiger partial charge on any atom is 0.371 e. The lowest BCUT2D eigenvalue weighted by Crippen LogP contribution is -2.35. The Hall–Kier alpha value is -1.33. The average Bonchev–Trinajstić information content (AvgIpc) is 3.09. The highest BCUT2D eigenvalue weighted by molar-refractivity contribution is 5.84. The van der Waals surface area contributed by atoms with Crippen LogP contribution in [-0.2, 0) is 6.54 Å². The van der Waals surface area contributed by atoms with E-state index < -0.39 is 5.97 Å². The molecule has 2 fully saturated rings. The van der Waals surface area contributed by atoms with Crippen LogP contribution < -0.4 is 0 Å². The van der Waals surface area contributed by atoms with E-state index >= 15 is 0 Å². The Balaban J connectivity index is 1.54. The zero-order chi connectivity index (χ0) is 13.2. The van der Waals surface area contributed by atoms with Crippen LogP contribution in [0.25, 0.3) is 0 Å². The molecule has 0 aromatic carbocycles. The van der Waals surface area contributed by atoms with Crippen LogP contribution in [0.2, 0.25) is 0 Å². The van der Waals surface area contributed by atoms with Gasteiger partial charge in [-0.15, -0.1) is 0 Å². The van der Waals surface area contributed by atoms with Crippen molar-refractivity contribution in [2.45, 2.75) is 31.8 Å². The van der Waals surface area contributed by atoms with Gasteiger partial charge >= 0.3 is 5.97 Å². The number of carbonyl (C=O) groups is 1. The lowest BCUT2D eigenvalue weighted by atomic mass is 10.2. The number of carboxylic acids is 1. The van der Waals surface area contributed by atoms with Crippen molar-refractivity contribution in [3.8, 4) is 0 Å². The van der Waals surface area contributed by atoms with Gasteiger partial charge in [-0.2, -0.15) is 0 Å². The molecule has 0 radical (unpaired) electrons. The molecule has 0 amide bonds. The summed E-state index contributed by atoms with van der Waals surface area (Å²) in [7, 11) is 0. The third kappa shape index (κ3) is 2.82. The van der Waals surface area contributed by atoms with E-state index in [1.54, 1.807) is 6.07 Å². The minimum atomic E-state index is -0.998. The number of nitrogens with zero attached hydrogens (tertiary/aromatic N) is 2. The third-order valence-electron chi connectivity index (χ3n) is 4.16. The predicted octanol–water partition coefficient (Wildman–Crippen LogP) is 1.65. The van der Waals surface area contributed by atoms with Crippen molar-refractivity contribution in [1.29, 1.82) is 0 Å². The van der Waals surface area contributed by atoms with Crippen LogP contribution in [0.1, 0.15) is 35.6 Å². The molecule has 3 rings (SSSR count). The van der Waals surface area contributed by atoms with Crippen molar-refractivity contribution in [3.63, 3.8) is 0 Å². The van der Waals surface area contributed by atoms with Gasteiger partial charge in [-0.05, 0) is 44.5 Å². The molecule has 1 aromatic heterocycles. The number of aromatic carboxylic acids is 1. The van der Waals surface area contributed by atoms with Crippen LogP contribution in [0.4, 0.5) is 0 Å². The Morgan fingerprint density at radius 3 is 2.79 bits per heavy atom. The molecule has 2 aliphatic heterocycles. The summed E-state index contributed by atoms with van der Waals surface area (Å²) in [6.45, 7) is 5.34. The van der Waals surface area contributed by atoms with Crippen LogP contribution in [0.15, 0.2) is 16.5 Å². The van der Waals surface area contributed by atoms with Gasteiger partial charge in [-0.1, -0.05) is 0 Å². The molecule has 1 unspecified atom stereocenters. The standard InChI is InChI=1S/C14H20N2O3/c17-14(18)13-4-3-12(19-13)10-15-8-5-11(9-15)16-6-1-2-7-16/h3-4,11H,1-2,5-10H2,(H,17,18). The Labute approximate surface area is 112 Å². The summed E-state index contributed by atoms with van der Waals surface area (Å²) >= 11 is 0. The predicted molar refractivity (Wildman–Crippen MR) is 70.2 cm³/mol. The number of likely N-dealkylation sites (tertiary alicyclic amines) is 2. The summed E-state index contributed by atoms with van der Waals surface area (Å²) in [4.78, 5) is 15.7. The van der Waals surface area contributed by atoms with E-state index in [2.05, 4.69) is 9.80 Å². The third-order valence-corrected chi connectivity index (χ3v) is 4.16.